The summed E-state index contributed by atoms with van der Waals surface area (Å²) in [5.41, 5.74) is 3.17. The molecule has 0 aliphatic rings. The predicted molar refractivity (Wildman–Crippen MR) is 85.4 cm³/mol. The van der Waals surface area contributed by atoms with Crippen molar-refractivity contribution < 1.29 is 9.53 Å². The van der Waals surface area contributed by atoms with Crippen molar-refractivity contribution in [3.63, 3.8) is 0 Å². The Labute approximate surface area is 134 Å². The molecule has 2 rings (SSSR count). The molecule has 0 spiro atoms. The van der Waals surface area contributed by atoms with Gasteiger partial charge in [0, 0.05) is 5.69 Å². The van der Waals surface area contributed by atoms with Crippen LogP contribution in [-0.4, -0.2) is 16.7 Å². The van der Waals surface area contributed by atoms with Crippen LogP contribution in [0.1, 0.15) is 22.4 Å². The number of nitrogens with zero attached hydrogens (tertiary/aromatic N) is 2. The number of pyridine rings is 1. The molecule has 22 heavy (non-hydrogen) atoms. The topological polar surface area (TPSA) is 63.0 Å². The third-order valence-electron chi connectivity index (χ3n) is 2.99. The molecule has 5 heteroatoms. The smallest absolute Gasteiger partial charge is 0.316 e. The minimum absolute atomic E-state index is 0.136. The zero-order chi connectivity index (χ0) is 15.9. The number of benzene rings is 1. The van der Waals surface area contributed by atoms with E-state index in [9.17, 15) is 10.1 Å². The number of aromatic nitrogens is 1. The van der Waals surface area contributed by atoms with Gasteiger partial charge in [-0.1, -0.05) is 42.1 Å². The maximum atomic E-state index is 11.8. The number of ether oxygens (including phenoxy) is 1. The van der Waals surface area contributed by atoms with Crippen LogP contribution in [0, 0.1) is 25.2 Å². The first-order chi connectivity index (χ1) is 10.6. The highest BCUT2D eigenvalue weighted by molar-refractivity contribution is 7.99. The highest BCUT2D eigenvalue weighted by Crippen LogP contribution is 2.23. The number of carbonyl (C=O) groups is 1. The van der Waals surface area contributed by atoms with Gasteiger partial charge in [0.25, 0.3) is 0 Å². The molecule has 0 bridgehead atoms. The van der Waals surface area contributed by atoms with Crippen molar-refractivity contribution in [1.29, 1.82) is 5.26 Å². The van der Waals surface area contributed by atoms with Gasteiger partial charge in [-0.3, -0.25) is 4.79 Å². The van der Waals surface area contributed by atoms with Crippen LogP contribution >= 0.6 is 11.8 Å². The zero-order valence-electron chi connectivity index (χ0n) is 12.5. The van der Waals surface area contributed by atoms with Crippen molar-refractivity contribution in [1.82, 2.24) is 4.98 Å². The summed E-state index contributed by atoms with van der Waals surface area (Å²) in [6.45, 7) is 3.99. The molecule has 0 amide bonds. The van der Waals surface area contributed by atoms with E-state index >= 15 is 0 Å². The molecule has 0 aliphatic carbocycles. The van der Waals surface area contributed by atoms with Gasteiger partial charge in [0.15, 0.2) is 0 Å². The Kier molecular flexibility index (Phi) is 5.56. The summed E-state index contributed by atoms with van der Waals surface area (Å²) in [5, 5.41) is 9.77. The highest BCUT2D eigenvalue weighted by atomic mass is 32.2. The molecule has 0 atom stereocenters. The van der Waals surface area contributed by atoms with Gasteiger partial charge >= 0.3 is 5.97 Å². The lowest BCUT2D eigenvalue weighted by Crippen LogP contribution is -2.08. The summed E-state index contributed by atoms with van der Waals surface area (Å²) < 4.78 is 5.21. The molecule has 112 valence electrons. The van der Waals surface area contributed by atoms with E-state index < -0.39 is 0 Å². The molecule has 0 saturated carbocycles. The first-order valence-electron chi connectivity index (χ1n) is 6.81. The number of rotatable bonds is 5. The molecule has 0 N–H and O–H groups in total. The predicted octanol–water partition coefficient (Wildman–Crippen LogP) is 3.41. The van der Waals surface area contributed by atoms with E-state index in [-0.39, 0.29) is 18.3 Å². The average molecular weight is 312 g/mol. The van der Waals surface area contributed by atoms with Gasteiger partial charge in [0.1, 0.15) is 17.7 Å². The highest BCUT2D eigenvalue weighted by Gasteiger charge is 2.12. The Balaban J connectivity index is 1.93. The standard InChI is InChI=1S/C17H16N2O2S/c1-12-8-13(2)19-17(15(12)9-18)22-11-16(20)21-10-14-6-4-3-5-7-14/h3-8H,10-11H2,1-2H3. The molecule has 0 radical (unpaired) electrons. The van der Waals surface area contributed by atoms with E-state index in [1.807, 2.05) is 50.2 Å². The summed E-state index contributed by atoms with van der Waals surface area (Å²) >= 11 is 1.24. The molecular weight excluding hydrogens is 296 g/mol. The Morgan fingerprint density at radius 3 is 2.73 bits per heavy atom. The van der Waals surface area contributed by atoms with E-state index in [4.69, 9.17) is 4.74 Å². The second-order valence-corrected chi connectivity index (χ2v) is 5.77. The van der Waals surface area contributed by atoms with Gasteiger partial charge < -0.3 is 4.74 Å². The second kappa shape index (κ2) is 7.62. The molecular formula is C17H16N2O2S. The van der Waals surface area contributed by atoms with Crippen LogP contribution in [0.15, 0.2) is 41.4 Å². The van der Waals surface area contributed by atoms with Crippen molar-refractivity contribution in [2.45, 2.75) is 25.5 Å². The maximum absolute atomic E-state index is 11.8. The van der Waals surface area contributed by atoms with E-state index in [2.05, 4.69) is 11.1 Å². The van der Waals surface area contributed by atoms with E-state index in [0.717, 1.165) is 16.8 Å². The van der Waals surface area contributed by atoms with Gasteiger partial charge in [0.2, 0.25) is 0 Å². The summed E-state index contributed by atoms with van der Waals surface area (Å²) in [4.78, 5) is 16.1. The SMILES string of the molecule is Cc1cc(C)c(C#N)c(SCC(=O)OCc2ccccc2)n1. The Morgan fingerprint density at radius 1 is 1.32 bits per heavy atom. The molecule has 0 fully saturated rings. The fourth-order valence-corrected chi connectivity index (χ4v) is 2.85. The van der Waals surface area contributed by atoms with Crippen molar-refractivity contribution >= 4 is 17.7 Å². The first kappa shape index (κ1) is 16.1. The Morgan fingerprint density at radius 2 is 2.05 bits per heavy atom. The first-order valence-corrected chi connectivity index (χ1v) is 7.79. The fraction of sp³-hybridized carbons (Fsp3) is 0.235. The Bertz CT molecular complexity index is 709. The number of nitriles is 1. The van der Waals surface area contributed by atoms with E-state index in [0.29, 0.717) is 10.6 Å². The number of thioether (sulfide) groups is 1. The van der Waals surface area contributed by atoms with Gasteiger partial charge in [-0.05, 0) is 31.0 Å². The minimum Gasteiger partial charge on any atom is -0.460 e. The molecule has 1 aromatic heterocycles. The minimum atomic E-state index is -0.321. The lowest BCUT2D eigenvalue weighted by molar-refractivity contribution is -0.141. The summed E-state index contributed by atoms with van der Waals surface area (Å²) in [5.74, 6) is -0.184. The summed E-state index contributed by atoms with van der Waals surface area (Å²) in [7, 11) is 0. The van der Waals surface area contributed by atoms with Crippen LogP contribution in [0.25, 0.3) is 0 Å². The average Bonchev–Trinajstić information content (AvgIpc) is 2.51. The third-order valence-corrected chi connectivity index (χ3v) is 3.94. The summed E-state index contributed by atoms with van der Waals surface area (Å²) in [6, 6.07) is 13.5. The third kappa shape index (κ3) is 4.34. The van der Waals surface area contributed by atoms with Gasteiger partial charge in [-0.15, -0.1) is 0 Å². The number of hydrogen-bond acceptors (Lipinski definition) is 5. The fourth-order valence-electron chi connectivity index (χ4n) is 1.95. The molecule has 0 unspecified atom stereocenters. The van der Waals surface area contributed by atoms with Crippen LogP contribution < -0.4 is 0 Å². The van der Waals surface area contributed by atoms with Crippen LogP contribution in [0.2, 0.25) is 0 Å². The van der Waals surface area contributed by atoms with Crippen molar-refractivity contribution in [2.75, 3.05) is 5.75 Å². The molecule has 4 nitrogen and oxygen atoms in total. The monoisotopic (exact) mass is 312 g/mol. The molecule has 0 saturated heterocycles. The molecule has 1 heterocycles. The number of aryl methyl sites for hydroxylation is 2. The van der Waals surface area contributed by atoms with Gasteiger partial charge in [-0.25, -0.2) is 4.98 Å². The van der Waals surface area contributed by atoms with Gasteiger partial charge in [-0.2, -0.15) is 5.26 Å². The van der Waals surface area contributed by atoms with Crippen LogP contribution in [0.3, 0.4) is 0 Å². The number of hydrogen-bond donors (Lipinski definition) is 0. The lowest BCUT2D eigenvalue weighted by atomic mass is 10.1. The zero-order valence-corrected chi connectivity index (χ0v) is 13.3. The van der Waals surface area contributed by atoms with Crippen molar-refractivity contribution in [3.05, 3.63) is 58.8 Å². The largest absolute Gasteiger partial charge is 0.460 e. The van der Waals surface area contributed by atoms with Gasteiger partial charge in [0.05, 0.1) is 11.3 Å². The maximum Gasteiger partial charge on any atom is 0.316 e. The summed E-state index contributed by atoms with van der Waals surface area (Å²) in [6.07, 6.45) is 0. The van der Waals surface area contributed by atoms with Crippen molar-refractivity contribution in [2.24, 2.45) is 0 Å². The molecule has 2 aromatic rings. The Hall–Kier alpha value is -2.32. The second-order valence-electron chi connectivity index (χ2n) is 4.81. The van der Waals surface area contributed by atoms with E-state index in [1.54, 1.807) is 0 Å². The van der Waals surface area contributed by atoms with E-state index in [1.165, 1.54) is 11.8 Å². The van der Waals surface area contributed by atoms with Crippen molar-refractivity contribution in [3.8, 4) is 6.07 Å². The van der Waals surface area contributed by atoms with Crippen LogP contribution in [-0.2, 0) is 16.1 Å². The van der Waals surface area contributed by atoms with Crippen LogP contribution in [0.5, 0.6) is 0 Å². The quantitative estimate of drug-likeness (QED) is 0.625. The normalized spacial score (nSPS) is 10.0. The lowest BCUT2D eigenvalue weighted by Gasteiger charge is -2.08. The number of carbonyl (C=O) groups excluding carboxylic acids is 1. The van der Waals surface area contributed by atoms with Crippen LogP contribution in [0.4, 0.5) is 0 Å². The number of esters is 1. The molecule has 0 aliphatic heterocycles. The molecule has 1 aromatic carbocycles.